The predicted molar refractivity (Wildman–Crippen MR) is 86.3 cm³/mol. The Morgan fingerprint density at radius 2 is 2.24 bits per heavy atom. The molecule has 3 rings (SSSR count). The van der Waals surface area contributed by atoms with Crippen LogP contribution in [0.3, 0.4) is 0 Å². The van der Waals surface area contributed by atoms with Crippen LogP contribution in [0, 0.1) is 11.6 Å². The summed E-state index contributed by atoms with van der Waals surface area (Å²) in [5.41, 5.74) is -0.896. The molecule has 136 valence electrons. The zero-order chi connectivity index (χ0) is 18.2. The largest absolute Gasteiger partial charge is 0.460 e. The smallest absolute Gasteiger partial charge is 0.255 e. The third kappa shape index (κ3) is 3.12. The summed E-state index contributed by atoms with van der Waals surface area (Å²) in [4.78, 5) is 14.4. The number of nitrogens with zero attached hydrogens (tertiary/aromatic N) is 1. The lowest BCUT2D eigenvalue weighted by atomic mass is 9.96. The topological polar surface area (TPSA) is 74.9 Å². The SMILES string of the molecule is C[C@@H]1COC[C@@](CO)(CNC(=O)c2coc3c(F)cc(F)cc23)N1C. The molecule has 1 saturated heterocycles. The van der Waals surface area contributed by atoms with E-state index in [9.17, 15) is 18.7 Å². The highest BCUT2D eigenvalue weighted by atomic mass is 19.1. The van der Waals surface area contributed by atoms with Gasteiger partial charge in [0.25, 0.3) is 5.91 Å². The first kappa shape index (κ1) is 17.8. The Morgan fingerprint density at radius 3 is 2.96 bits per heavy atom. The number of benzene rings is 1. The lowest BCUT2D eigenvalue weighted by Crippen LogP contribution is -2.65. The van der Waals surface area contributed by atoms with E-state index in [4.69, 9.17) is 9.15 Å². The summed E-state index contributed by atoms with van der Waals surface area (Å²) in [6.45, 7) is 2.68. The molecule has 0 aliphatic carbocycles. The Morgan fingerprint density at radius 1 is 1.48 bits per heavy atom. The van der Waals surface area contributed by atoms with E-state index in [1.165, 1.54) is 0 Å². The molecule has 1 aliphatic rings. The minimum atomic E-state index is -0.866. The first-order chi connectivity index (χ1) is 11.9. The molecule has 1 aromatic carbocycles. The lowest BCUT2D eigenvalue weighted by molar-refractivity contribution is -0.105. The predicted octanol–water partition coefficient (Wildman–Crippen LogP) is 1.52. The van der Waals surface area contributed by atoms with Crippen molar-refractivity contribution in [1.29, 1.82) is 0 Å². The van der Waals surface area contributed by atoms with E-state index in [0.717, 1.165) is 12.3 Å². The number of nitrogens with one attached hydrogen (secondary N) is 1. The van der Waals surface area contributed by atoms with Crippen molar-refractivity contribution in [2.45, 2.75) is 18.5 Å². The van der Waals surface area contributed by atoms with Crippen molar-refractivity contribution in [2.75, 3.05) is 33.4 Å². The van der Waals surface area contributed by atoms with Gasteiger partial charge >= 0.3 is 0 Å². The summed E-state index contributed by atoms with van der Waals surface area (Å²) >= 11 is 0. The first-order valence-electron chi connectivity index (χ1n) is 7.94. The number of carbonyl (C=O) groups is 1. The van der Waals surface area contributed by atoms with Crippen molar-refractivity contribution in [3.8, 4) is 0 Å². The molecule has 2 aromatic rings. The van der Waals surface area contributed by atoms with Crippen LogP contribution in [0.1, 0.15) is 17.3 Å². The fraction of sp³-hybridized carbons (Fsp3) is 0.471. The fourth-order valence-corrected chi connectivity index (χ4v) is 3.07. The highest BCUT2D eigenvalue weighted by molar-refractivity contribution is 6.06. The van der Waals surface area contributed by atoms with E-state index in [0.29, 0.717) is 12.7 Å². The molecule has 1 aliphatic heterocycles. The van der Waals surface area contributed by atoms with Gasteiger partial charge < -0.3 is 19.6 Å². The molecule has 1 amide bonds. The van der Waals surface area contributed by atoms with Gasteiger partial charge in [0.1, 0.15) is 12.1 Å². The maximum Gasteiger partial charge on any atom is 0.255 e. The number of likely N-dealkylation sites (N-methyl/N-ethyl adjacent to an activating group) is 1. The van der Waals surface area contributed by atoms with E-state index in [2.05, 4.69) is 5.32 Å². The number of fused-ring (bicyclic) bond motifs is 1. The summed E-state index contributed by atoms with van der Waals surface area (Å²) in [5.74, 6) is -2.19. The van der Waals surface area contributed by atoms with Crippen molar-refractivity contribution in [1.82, 2.24) is 10.2 Å². The maximum absolute atomic E-state index is 13.7. The standard InChI is InChI=1S/C17H20F2N2O4/c1-10-5-24-9-17(8-22,21(10)2)7-20-16(23)13-6-25-15-12(13)3-11(18)4-14(15)19/h3-4,6,10,22H,5,7-9H2,1-2H3,(H,20,23)/t10-,17+/m1/s1. The summed E-state index contributed by atoms with van der Waals surface area (Å²) in [6, 6.07) is 1.83. The molecule has 0 unspecified atom stereocenters. The Hall–Kier alpha value is -2.03. The molecule has 0 saturated carbocycles. The summed E-state index contributed by atoms with van der Waals surface area (Å²) in [6.07, 6.45) is 1.10. The van der Waals surface area contributed by atoms with E-state index in [-0.39, 0.29) is 42.3 Å². The number of halogens is 2. The number of hydrogen-bond acceptors (Lipinski definition) is 5. The number of carbonyl (C=O) groups excluding carboxylic acids is 1. The Bertz CT molecular complexity index is 794. The fourth-order valence-electron chi connectivity index (χ4n) is 3.07. The van der Waals surface area contributed by atoms with Crippen LogP contribution >= 0.6 is 0 Å². The van der Waals surface area contributed by atoms with Gasteiger partial charge in [-0.05, 0) is 20.0 Å². The quantitative estimate of drug-likeness (QED) is 0.871. The molecule has 0 spiro atoms. The highest BCUT2D eigenvalue weighted by Crippen LogP contribution is 2.26. The Labute approximate surface area is 143 Å². The molecule has 2 heterocycles. The number of rotatable bonds is 4. The van der Waals surface area contributed by atoms with Gasteiger partial charge in [-0.3, -0.25) is 9.69 Å². The van der Waals surface area contributed by atoms with E-state index in [1.807, 2.05) is 18.9 Å². The van der Waals surface area contributed by atoms with Crippen LogP contribution in [-0.2, 0) is 4.74 Å². The average molecular weight is 354 g/mol. The highest BCUT2D eigenvalue weighted by Gasteiger charge is 2.40. The summed E-state index contributed by atoms with van der Waals surface area (Å²) in [5, 5.41) is 12.6. The zero-order valence-corrected chi connectivity index (χ0v) is 14.0. The Kier molecular flexibility index (Phi) is 4.77. The van der Waals surface area contributed by atoms with Gasteiger partial charge in [0.15, 0.2) is 11.4 Å². The number of morpholine rings is 1. The van der Waals surface area contributed by atoms with Crippen molar-refractivity contribution >= 4 is 16.9 Å². The van der Waals surface area contributed by atoms with Crippen molar-refractivity contribution in [3.05, 3.63) is 35.6 Å². The first-order valence-corrected chi connectivity index (χ1v) is 7.94. The second kappa shape index (κ2) is 6.70. The average Bonchev–Trinajstić information content (AvgIpc) is 3.00. The summed E-state index contributed by atoms with van der Waals surface area (Å²) < 4.78 is 37.7. The second-order valence-electron chi connectivity index (χ2n) is 6.45. The molecular weight excluding hydrogens is 334 g/mol. The number of aliphatic hydroxyl groups excluding tert-OH is 1. The van der Waals surface area contributed by atoms with E-state index in [1.54, 1.807) is 0 Å². The number of aliphatic hydroxyl groups is 1. The lowest BCUT2D eigenvalue weighted by Gasteiger charge is -2.47. The molecule has 0 bridgehead atoms. The van der Waals surface area contributed by atoms with Crippen LogP contribution < -0.4 is 5.32 Å². The number of ether oxygens (including phenoxy) is 1. The molecule has 2 atom stereocenters. The third-order valence-electron chi connectivity index (χ3n) is 4.85. The number of furan rings is 1. The molecule has 8 heteroatoms. The molecular formula is C17H20F2N2O4. The minimum absolute atomic E-state index is 0.0360. The van der Waals surface area contributed by atoms with Crippen molar-refractivity contribution in [3.63, 3.8) is 0 Å². The monoisotopic (exact) mass is 354 g/mol. The van der Waals surface area contributed by atoms with E-state index >= 15 is 0 Å². The van der Waals surface area contributed by atoms with Crippen molar-refractivity contribution < 1.29 is 27.8 Å². The third-order valence-corrected chi connectivity index (χ3v) is 4.85. The normalized spacial score (nSPS) is 24.6. The Balaban J connectivity index is 1.81. The maximum atomic E-state index is 13.7. The van der Waals surface area contributed by atoms with Gasteiger partial charge in [-0.2, -0.15) is 0 Å². The van der Waals surface area contributed by atoms with Gasteiger partial charge in [0.05, 0.1) is 30.9 Å². The van der Waals surface area contributed by atoms with E-state index < -0.39 is 23.1 Å². The molecule has 6 nitrogen and oxygen atoms in total. The van der Waals surface area contributed by atoms with Gasteiger partial charge in [-0.15, -0.1) is 0 Å². The van der Waals surface area contributed by atoms with Gasteiger partial charge in [-0.1, -0.05) is 0 Å². The molecule has 25 heavy (non-hydrogen) atoms. The van der Waals surface area contributed by atoms with Crippen LogP contribution in [0.2, 0.25) is 0 Å². The minimum Gasteiger partial charge on any atom is -0.460 e. The van der Waals surface area contributed by atoms with Crippen LogP contribution in [0.25, 0.3) is 11.0 Å². The van der Waals surface area contributed by atoms with Gasteiger partial charge in [0, 0.05) is 24.0 Å². The molecule has 1 aromatic heterocycles. The van der Waals surface area contributed by atoms with Gasteiger partial charge in [0.2, 0.25) is 0 Å². The van der Waals surface area contributed by atoms with Crippen LogP contribution in [0.15, 0.2) is 22.8 Å². The van der Waals surface area contributed by atoms with Crippen LogP contribution in [0.5, 0.6) is 0 Å². The molecule has 1 fully saturated rings. The number of hydrogen-bond donors (Lipinski definition) is 2. The second-order valence-corrected chi connectivity index (χ2v) is 6.45. The van der Waals surface area contributed by atoms with Crippen molar-refractivity contribution in [2.24, 2.45) is 0 Å². The zero-order valence-electron chi connectivity index (χ0n) is 14.0. The summed E-state index contributed by atoms with van der Waals surface area (Å²) in [7, 11) is 1.85. The molecule has 0 radical (unpaired) electrons. The van der Waals surface area contributed by atoms with Crippen LogP contribution in [-0.4, -0.2) is 60.9 Å². The molecule has 2 N–H and O–H groups in total. The van der Waals surface area contributed by atoms with Crippen LogP contribution in [0.4, 0.5) is 8.78 Å². The van der Waals surface area contributed by atoms with Gasteiger partial charge in [-0.25, -0.2) is 8.78 Å². The number of amides is 1.